The summed E-state index contributed by atoms with van der Waals surface area (Å²) in [5, 5.41) is 9.34. The average molecular weight is 296 g/mol. The number of unbranched alkanes of at least 4 members (excludes halogenated alkanes) is 4. The molecule has 1 N–H and O–H groups in total. The molecule has 0 bridgehead atoms. The molecule has 0 heterocycles. The molecule has 21 heavy (non-hydrogen) atoms. The maximum absolute atomic E-state index is 11.8. The molecule has 0 saturated heterocycles. The van der Waals surface area contributed by atoms with Crippen LogP contribution in [0.5, 0.6) is 0 Å². The number of rotatable bonds is 14. The molecule has 122 valence electrons. The molecule has 0 aliphatic carbocycles. The minimum atomic E-state index is -0.527. The van der Waals surface area contributed by atoms with Crippen molar-refractivity contribution >= 4 is 5.97 Å². The van der Waals surface area contributed by atoms with E-state index in [1.807, 2.05) is 6.08 Å². The van der Waals surface area contributed by atoms with Gasteiger partial charge in [0.25, 0.3) is 0 Å². The highest BCUT2D eigenvalue weighted by molar-refractivity contribution is 5.69. The van der Waals surface area contributed by atoms with Crippen molar-refractivity contribution in [2.24, 2.45) is 0 Å². The van der Waals surface area contributed by atoms with Crippen molar-refractivity contribution in [2.45, 2.75) is 83.3 Å². The molecule has 0 spiro atoms. The zero-order chi connectivity index (χ0) is 15.9. The van der Waals surface area contributed by atoms with Gasteiger partial charge in [-0.2, -0.15) is 0 Å². The molecule has 0 unspecified atom stereocenters. The molecular formula is C18H32O3. The lowest BCUT2D eigenvalue weighted by molar-refractivity contribution is -0.149. The zero-order valence-electron chi connectivity index (χ0n) is 13.6. The van der Waals surface area contributed by atoms with E-state index >= 15 is 0 Å². The summed E-state index contributed by atoms with van der Waals surface area (Å²) in [6.07, 6.45) is 12.0. The normalized spacial score (nSPS) is 13.4. The summed E-state index contributed by atoms with van der Waals surface area (Å²) in [6.45, 7) is 9.44. The maximum atomic E-state index is 11.8. The highest BCUT2D eigenvalue weighted by Crippen LogP contribution is 2.14. The molecule has 3 heteroatoms. The van der Waals surface area contributed by atoms with E-state index in [0.29, 0.717) is 19.3 Å². The Labute approximate surface area is 130 Å². The molecule has 0 radical (unpaired) electrons. The van der Waals surface area contributed by atoms with Gasteiger partial charge in [0.15, 0.2) is 0 Å². The SMILES string of the molecule is C=CC[C@H](CCCCCCC)OC(=O)CCC[C@@H](O)C=C. The Hall–Kier alpha value is -1.09. The Balaban J connectivity index is 3.86. The van der Waals surface area contributed by atoms with E-state index in [1.54, 1.807) is 0 Å². The standard InChI is InChI=1S/C18H32O3/c1-4-7-8-9-10-14-17(12-5-2)21-18(20)15-11-13-16(19)6-3/h5-6,16-17,19H,2-4,7-15H2,1H3/t16-,17+/m0/s1. The van der Waals surface area contributed by atoms with E-state index in [2.05, 4.69) is 20.1 Å². The van der Waals surface area contributed by atoms with Crippen LogP contribution >= 0.6 is 0 Å². The summed E-state index contributed by atoms with van der Waals surface area (Å²) in [5.41, 5.74) is 0. The first-order chi connectivity index (χ1) is 10.1. The van der Waals surface area contributed by atoms with E-state index in [-0.39, 0.29) is 12.1 Å². The van der Waals surface area contributed by atoms with Crippen LogP contribution in [0.25, 0.3) is 0 Å². The van der Waals surface area contributed by atoms with Gasteiger partial charge in [-0.15, -0.1) is 13.2 Å². The highest BCUT2D eigenvalue weighted by atomic mass is 16.5. The molecule has 0 aromatic carbocycles. The summed E-state index contributed by atoms with van der Waals surface area (Å²) in [5.74, 6) is -0.174. The second-order valence-electron chi connectivity index (χ2n) is 5.53. The lowest BCUT2D eigenvalue weighted by Crippen LogP contribution is -2.18. The predicted molar refractivity (Wildman–Crippen MR) is 88.1 cm³/mol. The molecule has 0 aliphatic rings. The van der Waals surface area contributed by atoms with Crippen LogP contribution in [-0.2, 0) is 9.53 Å². The molecule has 0 saturated carbocycles. The number of aliphatic hydroxyl groups is 1. The van der Waals surface area contributed by atoms with Crippen molar-refractivity contribution in [3.63, 3.8) is 0 Å². The van der Waals surface area contributed by atoms with Gasteiger partial charge < -0.3 is 9.84 Å². The quantitative estimate of drug-likeness (QED) is 0.290. The molecule has 0 fully saturated rings. The molecule has 0 aliphatic heterocycles. The number of hydrogen-bond donors (Lipinski definition) is 1. The van der Waals surface area contributed by atoms with Crippen LogP contribution in [0, 0.1) is 0 Å². The second kappa shape index (κ2) is 13.9. The van der Waals surface area contributed by atoms with Crippen molar-refractivity contribution < 1.29 is 14.6 Å². The number of esters is 1. The van der Waals surface area contributed by atoms with Crippen LogP contribution in [0.2, 0.25) is 0 Å². The van der Waals surface area contributed by atoms with E-state index in [4.69, 9.17) is 4.74 Å². The largest absolute Gasteiger partial charge is 0.462 e. The molecule has 2 atom stereocenters. The van der Waals surface area contributed by atoms with Gasteiger partial charge in [-0.25, -0.2) is 0 Å². The summed E-state index contributed by atoms with van der Waals surface area (Å²) in [4.78, 5) is 11.8. The van der Waals surface area contributed by atoms with Crippen molar-refractivity contribution in [2.75, 3.05) is 0 Å². The van der Waals surface area contributed by atoms with Crippen LogP contribution in [0.4, 0.5) is 0 Å². The van der Waals surface area contributed by atoms with Crippen molar-refractivity contribution in [3.8, 4) is 0 Å². The van der Waals surface area contributed by atoms with E-state index in [0.717, 1.165) is 19.3 Å². The minimum Gasteiger partial charge on any atom is -0.462 e. The molecular weight excluding hydrogens is 264 g/mol. The Morgan fingerprint density at radius 1 is 1.14 bits per heavy atom. The van der Waals surface area contributed by atoms with Crippen molar-refractivity contribution in [1.29, 1.82) is 0 Å². The summed E-state index contributed by atoms with van der Waals surface area (Å²) in [7, 11) is 0. The fraction of sp³-hybridized carbons (Fsp3) is 0.722. The first-order valence-corrected chi connectivity index (χ1v) is 8.25. The van der Waals surface area contributed by atoms with E-state index < -0.39 is 6.10 Å². The van der Waals surface area contributed by atoms with Crippen LogP contribution in [-0.4, -0.2) is 23.3 Å². The summed E-state index contributed by atoms with van der Waals surface area (Å²) in [6, 6.07) is 0. The van der Waals surface area contributed by atoms with Crippen LogP contribution in [0.15, 0.2) is 25.3 Å². The average Bonchev–Trinajstić information content (AvgIpc) is 2.46. The smallest absolute Gasteiger partial charge is 0.306 e. The molecule has 0 aromatic heterocycles. The fourth-order valence-electron chi connectivity index (χ4n) is 2.20. The monoisotopic (exact) mass is 296 g/mol. The van der Waals surface area contributed by atoms with Gasteiger partial charge in [0.1, 0.15) is 6.10 Å². The van der Waals surface area contributed by atoms with E-state index in [9.17, 15) is 9.90 Å². The number of ether oxygens (including phenoxy) is 1. The topological polar surface area (TPSA) is 46.5 Å². The lowest BCUT2D eigenvalue weighted by atomic mass is 10.1. The van der Waals surface area contributed by atoms with Crippen molar-refractivity contribution in [3.05, 3.63) is 25.3 Å². The van der Waals surface area contributed by atoms with Gasteiger partial charge in [0.2, 0.25) is 0 Å². The van der Waals surface area contributed by atoms with Crippen LogP contribution in [0.3, 0.4) is 0 Å². The zero-order valence-corrected chi connectivity index (χ0v) is 13.6. The third-order valence-electron chi connectivity index (χ3n) is 3.51. The first kappa shape index (κ1) is 19.9. The summed E-state index contributed by atoms with van der Waals surface area (Å²) < 4.78 is 5.50. The second-order valence-corrected chi connectivity index (χ2v) is 5.53. The van der Waals surface area contributed by atoms with Crippen LogP contribution in [0.1, 0.15) is 71.1 Å². The van der Waals surface area contributed by atoms with Crippen molar-refractivity contribution in [1.82, 2.24) is 0 Å². The molecule has 3 nitrogen and oxygen atoms in total. The molecule has 0 aromatic rings. The van der Waals surface area contributed by atoms with Gasteiger partial charge in [-0.05, 0) is 25.7 Å². The van der Waals surface area contributed by atoms with Gasteiger partial charge in [0, 0.05) is 12.8 Å². The lowest BCUT2D eigenvalue weighted by Gasteiger charge is -2.16. The Bertz CT molecular complexity index is 286. The number of carbonyl (C=O) groups is 1. The Kier molecular flexibility index (Phi) is 13.2. The Morgan fingerprint density at radius 2 is 1.86 bits per heavy atom. The molecule has 0 rings (SSSR count). The first-order valence-electron chi connectivity index (χ1n) is 8.25. The number of aliphatic hydroxyl groups excluding tert-OH is 1. The number of hydrogen-bond acceptors (Lipinski definition) is 3. The van der Waals surface area contributed by atoms with Gasteiger partial charge in [-0.1, -0.05) is 44.8 Å². The third-order valence-corrected chi connectivity index (χ3v) is 3.51. The third kappa shape index (κ3) is 12.4. The van der Waals surface area contributed by atoms with Crippen LogP contribution < -0.4 is 0 Å². The fourth-order valence-corrected chi connectivity index (χ4v) is 2.20. The molecule has 0 amide bonds. The minimum absolute atomic E-state index is 0.0408. The van der Waals surface area contributed by atoms with Gasteiger partial charge in [-0.3, -0.25) is 4.79 Å². The number of carbonyl (C=O) groups excluding carboxylic acids is 1. The predicted octanol–water partition coefficient (Wildman–Crippen LogP) is 4.55. The summed E-state index contributed by atoms with van der Waals surface area (Å²) >= 11 is 0. The van der Waals surface area contributed by atoms with Gasteiger partial charge >= 0.3 is 5.97 Å². The van der Waals surface area contributed by atoms with Gasteiger partial charge in [0.05, 0.1) is 6.10 Å². The maximum Gasteiger partial charge on any atom is 0.306 e. The van der Waals surface area contributed by atoms with E-state index in [1.165, 1.54) is 31.8 Å². The highest BCUT2D eigenvalue weighted by Gasteiger charge is 2.13. The Morgan fingerprint density at radius 3 is 2.48 bits per heavy atom.